The van der Waals surface area contributed by atoms with Gasteiger partial charge in [-0.25, -0.2) is 9.59 Å². The van der Waals surface area contributed by atoms with Gasteiger partial charge in [-0.15, -0.1) is 6.58 Å². The summed E-state index contributed by atoms with van der Waals surface area (Å²) in [5.41, 5.74) is 0.260. The summed E-state index contributed by atoms with van der Waals surface area (Å²) in [6.07, 6.45) is 2.71. The number of amides is 4. The topological polar surface area (TPSA) is 111 Å². The minimum atomic E-state index is -0.799. The number of nitrogens with zero attached hydrogens (tertiary/aromatic N) is 1. The molecular weight excluding hydrogens is 368 g/mol. The summed E-state index contributed by atoms with van der Waals surface area (Å²) in [5, 5.41) is 2.10. The third-order valence-corrected chi connectivity index (χ3v) is 3.65. The minimum Gasteiger partial charge on any atom is -0.493 e. The molecule has 0 saturated carbocycles. The number of nitrogens with one attached hydrogen (secondary N) is 1. The van der Waals surface area contributed by atoms with Crippen molar-refractivity contribution >= 4 is 29.9 Å². The second kappa shape index (κ2) is 9.36. The first-order valence-corrected chi connectivity index (χ1v) is 8.37. The molecule has 1 aromatic rings. The van der Waals surface area contributed by atoms with Crippen LogP contribution < -0.4 is 14.8 Å². The van der Waals surface area contributed by atoms with E-state index < -0.39 is 23.8 Å². The van der Waals surface area contributed by atoms with Crippen LogP contribution in [0.4, 0.5) is 4.79 Å². The molecule has 9 nitrogen and oxygen atoms in total. The van der Waals surface area contributed by atoms with Crippen LogP contribution in [0, 0.1) is 0 Å². The number of carbonyl (C=O) groups is 4. The number of rotatable bonds is 8. The van der Waals surface area contributed by atoms with Crippen molar-refractivity contribution in [1.82, 2.24) is 10.2 Å². The highest BCUT2D eigenvalue weighted by Crippen LogP contribution is 2.29. The average molecular weight is 388 g/mol. The Kier molecular flexibility index (Phi) is 6.91. The number of imide groups is 2. The smallest absolute Gasteiger partial charge is 0.344 e. The number of ether oxygens (including phenoxy) is 3. The predicted molar refractivity (Wildman–Crippen MR) is 98.5 cm³/mol. The number of barbiturate groups is 1. The molecule has 1 saturated heterocycles. The van der Waals surface area contributed by atoms with Gasteiger partial charge in [0.2, 0.25) is 0 Å². The van der Waals surface area contributed by atoms with E-state index >= 15 is 0 Å². The summed E-state index contributed by atoms with van der Waals surface area (Å²) < 4.78 is 15.4. The lowest BCUT2D eigenvalue weighted by atomic mass is 10.1. The van der Waals surface area contributed by atoms with E-state index in [0.29, 0.717) is 17.1 Å². The van der Waals surface area contributed by atoms with E-state index in [1.54, 1.807) is 13.0 Å². The van der Waals surface area contributed by atoms with Gasteiger partial charge in [-0.05, 0) is 30.7 Å². The molecular formula is C19H20N2O7. The van der Waals surface area contributed by atoms with Crippen molar-refractivity contribution in [2.45, 2.75) is 6.92 Å². The van der Waals surface area contributed by atoms with Crippen LogP contribution >= 0.6 is 0 Å². The maximum atomic E-state index is 12.4. The molecule has 0 radical (unpaired) electrons. The summed E-state index contributed by atoms with van der Waals surface area (Å²) >= 11 is 0. The summed E-state index contributed by atoms with van der Waals surface area (Å²) in [6, 6.07) is 3.84. The van der Waals surface area contributed by atoms with Crippen LogP contribution in [0.15, 0.2) is 36.4 Å². The molecule has 148 valence electrons. The van der Waals surface area contributed by atoms with Crippen LogP contribution in [0.1, 0.15) is 12.5 Å². The predicted octanol–water partition coefficient (Wildman–Crippen LogP) is 1.28. The molecule has 9 heteroatoms. The molecule has 1 aliphatic rings. The Morgan fingerprint density at radius 1 is 1.25 bits per heavy atom. The first-order chi connectivity index (χ1) is 13.4. The van der Waals surface area contributed by atoms with Crippen LogP contribution in [0.3, 0.4) is 0 Å². The Labute approximate surface area is 161 Å². The number of benzene rings is 1. The van der Waals surface area contributed by atoms with Gasteiger partial charge in [0.05, 0.1) is 13.7 Å². The maximum absolute atomic E-state index is 12.4. The second-order valence-electron chi connectivity index (χ2n) is 5.53. The molecule has 1 heterocycles. The Hall–Kier alpha value is -3.62. The molecule has 0 aliphatic carbocycles. The van der Waals surface area contributed by atoms with E-state index in [4.69, 9.17) is 14.2 Å². The van der Waals surface area contributed by atoms with Crippen LogP contribution in [0.2, 0.25) is 0 Å². The van der Waals surface area contributed by atoms with Gasteiger partial charge in [-0.3, -0.25) is 19.8 Å². The zero-order valence-corrected chi connectivity index (χ0v) is 15.5. The van der Waals surface area contributed by atoms with Crippen LogP contribution in [0.5, 0.6) is 11.5 Å². The number of hydrogen-bond acceptors (Lipinski definition) is 7. The van der Waals surface area contributed by atoms with Crippen molar-refractivity contribution in [3.05, 3.63) is 42.0 Å². The molecule has 1 aliphatic heterocycles. The van der Waals surface area contributed by atoms with Gasteiger partial charge in [0, 0.05) is 6.54 Å². The van der Waals surface area contributed by atoms with Gasteiger partial charge in [0.1, 0.15) is 5.57 Å². The van der Waals surface area contributed by atoms with E-state index in [2.05, 4.69) is 11.9 Å². The molecule has 0 atom stereocenters. The van der Waals surface area contributed by atoms with Gasteiger partial charge in [-0.2, -0.15) is 0 Å². The Morgan fingerprint density at radius 3 is 2.64 bits per heavy atom. The van der Waals surface area contributed by atoms with Crippen molar-refractivity contribution < 1.29 is 33.4 Å². The molecule has 2 rings (SSSR count). The number of urea groups is 1. The Bertz CT molecular complexity index is 845. The molecule has 1 fully saturated rings. The third-order valence-electron chi connectivity index (χ3n) is 3.65. The van der Waals surface area contributed by atoms with Crippen molar-refractivity contribution in [3.63, 3.8) is 0 Å². The maximum Gasteiger partial charge on any atom is 0.344 e. The number of carbonyl (C=O) groups excluding carboxylic acids is 4. The lowest BCUT2D eigenvalue weighted by Gasteiger charge is -2.25. The van der Waals surface area contributed by atoms with Crippen molar-refractivity contribution in [2.24, 2.45) is 0 Å². The van der Waals surface area contributed by atoms with E-state index in [-0.39, 0.29) is 25.3 Å². The zero-order chi connectivity index (χ0) is 20.7. The fraction of sp³-hybridized carbons (Fsp3) is 0.263. The molecule has 0 spiro atoms. The third kappa shape index (κ3) is 4.76. The fourth-order valence-corrected chi connectivity index (χ4v) is 2.39. The number of hydrogen-bond donors (Lipinski definition) is 1. The first-order valence-electron chi connectivity index (χ1n) is 8.37. The number of esters is 1. The van der Waals surface area contributed by atoms with Gasteiger partial charge in [0.25, 0.3) is 11.8 Å². The summed E-state index contributed by atoms with van der Waals surface area (Å²) in [6.45, 7) is 5.10. The highest BCUT2D eigenvalue weighted by molar-refractivity contribution is 6.31. The normalized spacial score (nSPS) is 15.3. The average Bonchev–Trinajstić information content (AvgIpc) is 2.67. The quantitative estimate of drug-likeness (QED) is 0.309. The van der Waals surface area contributed by atoms with E-state index in [1.165, 1.54) is 31.4 Å². The summed E-state index contributed by atoms with van der Waals surface area (Å²) in [4.78, 5) is 48.5. The van der Waals surface area contributed by atoms with E-state index in [0.717, 1.165) is 4.90 Å². The second-order valence-corrected chi connectivity index (χ2v) is 5.53. The van der Waals surface area contributed by atoms with Gasteiger partial charge in [-0.1, -0.05) is 12.1 Å². The van der Waals surface area contributed by atoms with Gasteiger partial charge in [0.15, 0.2) is 18.1 Å². The summed E-state index contributed by atoms with van der Waals surface area (Å²) in [5.74, 6) is -1.46. The lowest BCUT2D eigenvalue weighted by molar-refractivity contribution is -0.145. The van der Waals surface area contributed by atoms with Crippen molar-refractivity contribution in [2.75, 3.05) is 26.9 Å². The van der Waals surface area contributed by atoms with Crippen molar-refractivity contribution in [1.29, 1.82) is 0 Å². The highest BCUT2D eigenvalue weighted by atomic mass is 16.6. The minimum absolute atomic E-state index is 0.0285. The molecule has 0 aromatic heterocycles. The molecule has 0 bridgehead atoms. The van der Waals surface area contributed by atoms with Crippen LogP contribution in [-0.4, -0.2) is 55.6 Å². The molecule has 4 amide bonds. The van der Waals surface area contributed by atoms with Gasteiger partial charge < -0.3 is 14.2 Å². The van der Waals surface area contributed by atoms with Gasteiger partial charge >= 0.3 is 12.0 Å². The van der Waals surface area contributed by atoms with E-state index in [1.807, 2.05) is 0 Å². The number of methoxy groups -OCH3 is 1. The molecule has 0 unspecified atom stereocenters. The SMILES string of the molecule is C=CCN1C(=O)NC(=O)/C(=C/c2ccc(OCC(=O)OCC)c(OC)c2)C1=O. The fourth-order valence-electron chi connectivity index (χ4n) is 2.39. The van der Waals surface area contributed by atoms with E-state index in [9.17, 15) is 19.2 Å². The van der Waals surface area contributed by atoms with Crippen molar-refractivity contribution in [3.8, 4) is 11.5 Å². The van der Waals surface area contributed by atoms with Crippen LogP contribution in [0.25, 0.3) is 6.08 Å². The molecule has 1 aromatic carbocycles. The Morgan fingerprint density at radius 2 is 2.00 bits per heavy atom. The molecule has 28 heavy (non-hydrogen) atoms. The Balaban J connectivity index is 2.26. The summed E-state index contributed by atoms with van der Waals surface area (Å²) in [7, 11) is 1.41. The lowest BCUT2D eigenvalue weighted by Crippen LogP contribution is -2.54. The zero-order valence-electron chi connectivity index (χ0n) is 15.5. The van der Waals surface area contributed by atoms with Crippen LogP contribution in [-0.2, 0) is 19.1 Å². The molecule has 1 N–H and O–H groups in total. The highest BCUT2D eigenvalue weighted by Gasteiger charge is 2.34. The standard InChI is InChI=1S/C19H20N2O7/c1-4-8-21-18(24)13(17(23)20-19(21)25)9-12-6-7-14(15(10-12)26-3)28-11-16(22)27-5-2/h4,6-7,9-10H,1,5,8,11H2,2-3H3,(H,20,23,25)/b13-9-. The monoisotopic (exact) mass is 388 g/mol. The first kappa shape index (κ1) is 20.7. The largest absolute Gasteiger partial charge is 0.493 e.